The molecule has 0 saturated carbocycles. The molecule has 3 aliphatic rings. The first-order valence-corrected chi connectivity index (χ1v) is 12.5. The number of fused-ring (bicyclic) bond motifs is 2. The molecule has 29 heavy (non-hydrogen) atoms. The number of nitrogens with zero attached hydrogens (tertiary/aromatic N) is 2. The van der Waals surface area contributed by atoms with Crippen molar-refractivity contribution in [3.63, 3.8) is 0 Å². The van der Waals surface area contributed by atoms with Gasteiger partial charge in [0.2, 0.25) is 0 Å². The Balaban J connectivity index is 1.44. The third kappa shape index (κ3) is 3.81. The van der Waals surface area contributed by atoms with E-state index in [1.807, 2.05) is 47.4 Å². The molecule has 0 amide bonds. The van der Waals surface area contributed by atoms with Gasteiger partial charge in [-0.3, -0.25) is 4.99 Å². The van der Waals surface area contributed by atoms with Gasteiger partial charge in [-0.05, 0) is 29.8 Å². The largest absolute Gasteiger partial charge is 0.486 e. The number of hydrogen-bond acceptors (Lipinski definition) is 7. The van der Waals surface area contributed by atoms with Crippen LogP contribution in [0.15, 0.2) is 47.5 Å². The lowest BCUT2D eigenvalue weighted by Crippen LogP contribution is -2.39. The molecule has 0 unspecified atom stereocenters. The van der Waals surface area contributed by atoms with Gasteiger partial charge in [-0.25, -0.2) is 8.42 Å². The second-order valence-corrected chi connectivity index (χ2v) is 10.8. The summed E-state index contributed by atoms with van der Waals surface area (Å²) in [7, 11) is -3.09. The molecule has 9 heteroatoms. The molecule has 0 N–H and O–H groups in total. The summed E-state index contributed by atoms with van der Waals surface area (Å²) in [5.41, 5.74) is 2.01. The molecule has 152 valence electrons. The Morgan fingerprint density at radius 1 is 1.07 bits per heavy atom. The molecule has 2 aromatic rings. The highest BCUT2D eigenvalue weighted by atomic mass is 35.5. The lowest BCUT2D eigenvalue weighted by Gasteiger charge is -2.28. The average molecular weight is 451 g/mol. The molecule has 0 radical (unpaired) electrons. The lowest BCUT2D eigenvalue weighted by molar-refractivity contribution is 0.171. The fourth-order valence-electron chi connectivity index (χ4n) is 3.85. The van der Waals surface area contributed by atoms with Crippen molar-refractivity contribution in [3.05, 3.63) is 53.1 Å². The molecule has 3 aliphatic heterocycles. The van der Waals surface area contributed by atoms with Crippen LogP contribution < -0.4 is 14.4 Å². The van der Waals surface area contributed by atoms with Crippen molar-refractivity contribution in [1.29, 1.82) is 0 Å². The van der Waals surface area contributed by atoms with E-state index >= 15 is 0 Å². The number of hydrogen-bond donors (Lipinski definition) is 0. The third-order valence-corrected chi connectivity index (χ3v) is 8.18. The van der Waals surface area contributed by atoms with E-state index in [9.17, 15) is 8.42 Å². The highest BCUT2D eigenvalue weighted by Crippen LogP contribution is 2.40. The summed E-state index contributed by atoms with van der Waals surface area (Å²) in [6.45, 7) is 1.03. The van der Waals surface area contributed by atoms with Crippen molar-refractivity contribution in [2.75, 3.05) is 29.6 Å². The van der Waals surface area contributed by atoms with Gasteiger partial charge in [-0.2, -0.15) is 0 Å². The number of rotatable bonds is 3. The maximum absolute atomic E-state index is 12.2. The molecule has 0 aliphatic carbocycles. The number of ether oxygens (including phenoxy) is 2. The van der Waals surface area contributed by atoms with E-state index in [2.05, 4.69) is 0 Å². The Bertz CT molecular complexity index is 1070. The van der Waals surface area contributed by atoms with Gasteiger partial charge < -0.3 is 14.4 Å². The molecule has 2 aromatic carbocycles. The van der Waals surface area contributed by atoms with Gasteiger partial charge in [-0.15, -0.1) is 0 Å². The van der Waals surface area contributed by atoms with Gasteiger partial charge in [0, 0.05) is 22.5 Å². The zero-order valence-electron chi connectivity index (χ0n) is 15.5. The molecule has 2 atom stereocenters. The maximum atomic E-state index is 12.2. The van der Waals surface area contributed by atoms with Crippen molar-refractivity contribution in [3.8, 4) is 11.5 Å². The molecule has 0 bridgehead atoms. The Kier molecular flexibility index (Phi) is 4.88. The van der Waals surface area contributed by atoms with Crippen molar-refractivity contribution < 1.29 is 17.9 Å². The zero-order valence-corrected chi connectivity index (χ0v) is 17.8. The van der Waals surface area contributed by atoms with E-state index in [1.165, 1.54) is 0 Å². The van der Waals surface area contributed by atoms with Crippen molar-refractivity contribution in [2.24, 2.45) is 4.99 Å². The fraction of sp³-hybridized carbons (Fsp3) is 0.350. The number of sulfone groups is 1. The quantitative estimate of drug-likeness (QED) is 0.714. The molecule has 6 nitrogen and oxygen atoms in total. The number of benzene rings is 2. The second-order valence-electron chi connectivity index (χ2n) is 7.24. The highest BCUT2D eigenvalue weighted by molar-refractivity contribution is 8.13. The normalized spacial score (nSPS) is 24.3. The number of thioether (sulfide) groups is 1. The predicted molar refractivity (Wildman–Crippen MR) is 116 cm³/mol. The van der Waals surface area contributed by atoms with Crippen LogP contribution in [0.1, 0.15) is 5.56 Å². The summed E-state index contributed by atoms with van der Waals surface area (Å²) >= 11 is 7.58. The van der Waals surface area contributed by atoms with Crippen LogP contribution in [-0.2, 0) is 15.6 Å². The minimum Gasteiger partial charge on any atom is -0.486 e. The predicted octanol–water partition coefficient (Wildman–Crippen LogP) is 3.39. The van der Waals surface area contributed by atoms with Gasteiger partial charge in [0.25, 0.3) is 0 Å². The topological polar surface area (TPSA) is 68.2 Å². The second kappa shape index (κ2) is 7.41. The van der Waals surface area contributed by atoms with Gasteiger partial charge >= 0.3 is 0 Å². The van der Waals surface area contributed by atoms with Crippen LogP contribution in [0.25, 0.3) is 0 Å². The fourth-order valence-corrected chi connectivity index (χ4v) is 6.89. The summed E-state index contributed by atoms with van der Waals surface area (Å²) in [6.07, 6.45) is 0. The summed E-state index contributed by atoms with van der Waals surface area (Å²) in [6, 6.07) is 13.0. The first kappa shape index (κ1) is 19.1. The smallest absolute Gasteiger partial charge is 0.164 e. The Hall–Kier alpha value is -1.90. The Labute approximate surface area is 178 Å². The zero-order chi connectivity index (χ0) is 20.0. The molecular formula is C20H19ClN2O4S2. The van der Waals surface area contributed by atoms with Crippen LogP contribution in [0, 0.1) is 0 Å². The highest BCUT2D eigenvalue weighted by Gasteiger charge is 2.47. The van der Waals surface area contributed by atoms with E-state index in [0.717, 1.165) is 22.2 Å². The summed E-state index contributed by atoms with van der Waals surface area (Å²) in [4.78, 5) is 6.83. The van der Waals surface area contributed by atoms with Crippen molar-refractivity contribution in [2.45, 2.75) is 17.8 Å². The van der Waals surface area contributed by atoms with E-state index in [1.54, 1.807) is 11.8 Å². The number of aliphatic imine (C=N–C) groups is 1. The molecule has 5 rings (SSSR count). The van der Waals surface area contributed by atoms with Gasteiger partial charge in [0.15, 0.2) is 26.5 Å². The minimum atomic E-state index is -3.09. The molecular weight excluding hydrogens is 432 g/mol. The maximum Gasteiger partial charge on any atom is 0.164 e. The van der Waals surface area contributed by atoms with Crippen molar-refractivity contribution in [1.82, 2.24) is 0 Å². The lowest BCUT2D eigenvalue weighted by atomic mass is 10.1. The SMILES string of the molecule is O=S1(=O)C[C@@H]2N=C(SCc3ccc(Cl)cc3)N(c3ccc4c(c3)OCCO4)[C@@H]2C1. The first-order chi connectivity index (χ1) is 14.0. The van der Waals surface area contributed by atoms with E-state index in [-0.39, 0.29) is 23.6 Å². The number of anilines is 1. The van der Waals surface area contributed by atoms with Crippen LogP contribution >= 0.6 is 23.4 Å². The molecule has 1 saturated heterocycles. The molecule has 1 fully saturated rings. The monoisotopic (exact) mass is 450 g/mol. The van der Waals surface area contributed by atoms with Crippen molar-refractivity contribution >= 4 is 44.1 Å². The number of amidine groups is 1. The van der Waals surface area contributed by atoms with Gasteiger partial charge in [0.1, 0.15) is 13.2 Å². The average Bonchev–Trinajstić information content (AvgIpc) is 3.18. The van der Waals surface area contributed by atoms with E-state index < -0.39 is 9.84 Å². The van der Waals surface area contributed by atoms with Crippen LogP contribution in [0.5, 0.6) is 11.5 Å². The van der Waals surface area contributed by atoms with Crippen LogP contribution in [0.2, 0.25) is 5.02 Å². The van der Waals surface area contributed by atoms with Gasteiger partial charge in [0.05, 0.1) is 23.6 Å². The summed E-state index contributed by atoms with van der Waals surface area (Å²) < 4.78 is 35.8. The Morgan fingerprint density at radius 2 is 1.83 bits per heavy atom. The minimum absolute atomic E-state index is 0.101. The summed E-state index contributed by atoms with van der Waals surface area (Å²) in [5, 5.41) is 1.54. The third-order valence-electron chi connectivity index (χ3n) is 5.19. The van der Waals surface area contributed by atoms with Crippen LogP contribution in [0.4, 0.5) is 5.69 Å². The Morgan fingerprint density at radius 3 is 2.62 bits per heavy atom. The molecule has 0 aromatic heterocycles. The first-order valence-electron chi connectivity index (χ1n) is 9.33. The standard InChI is InChI=1S/C20H19ClN2O4S2/c21-14-3-1-13(2-4-14)10-28-20-22-16-11-29(24,25)12-17(16)23(20)15-5-6-18-19(9-15)27-8-7-26-18/h1-6,9,16-17H,7-8,10-12H2/t16-,17+/m0/s1. The number of halogens is 1. The summed E-state index contributed by atoms with van der Waals surface area (Å²) in [5.74, 6) is 2.33. The van der Waals surface area contributed by atoms with Crippen LogP contribution in [0.3, 0.4) is 0 Å². The molecule has 3 heterocycles. The molecule has 0 spiro atoms. The van der Waals surface area contributed by atoms with Gasteiger partial charge in [-0.1, -0.05) is 35.5 Å². The van der Waals surface area contributed by atoms with E-state index in [0.29, 0.717) is 29.7 Å². The van der Waals surface area contributed by atoms with Crippen LogP contribution in [-0.4, -0.2) is 50.4 Å². The van der Waals surface area contributed by atoms with E-state index in [4.69, 9.17) is 26.1 Å².